The number of aliphatic carboxylic acids is 1. The lowest BCUT2D eigenvalue weighted by Crippen LogP contribution is -2.39. The van der Waals surface area contributed by atoms with Gasteiger partial charge in [0.25, 0.3) is 5.91 Å². The molecular formula is C19H21NO4. The average Bonchev–Trinajstić information content (AvgIpc) is 3.14. The number of carboxylic acid groups (broad SMARTS) is 1. The van der Waals surface area contributed by atoms with E-state index in [2.05, 4.69) is 6.92 Å². The third-order valence-electron chi connectivity index (χ3n) is 5.81. The first-order valence-electron chi connectivity index (χ1n) is 8.56. The molecule has 2 aromatic rings. The molecule has 1 aromatic carbocycles. The van der Waals surface area contributed by atoms with Crippen molar-refractivity contribution in [3.8, 4) is 0 Å². The van der Waals surface area contributed by atoms with Crippen LogP contribution in [-0.2, 0) is 11.2 Å². The molecule has 5 heteroatoms. The highest BCUT2D eigenvalue weighted by Crippen LogP contribution is 2.59. The number of likely N-dealkylation sites (tertiary alicyclic amines) is 1. The van der Waals surface area contributed by atoms with Crippen molar-refractivity contribution < 1.29 is 19.1 Å². The van der Waals surface area contributed by atoms with E-state index in [4.69, 9.17) is 4.42 Å². The van der Waals surface area contributed by atoms with Crippen LogP contribution < -0.4 is 0 Å². The number of rotatable bonds is 3. The number of carboxylic acids is 1. The molecule has 5 nitrogen and oxygen atoms in total. The van der Waals surface area contributed by atoms with Crippen LogP contribution in [0.2, 0.25) is 0 Å². The topological polar surface area (TPSA) is 70.8 Å². The Kier molecular flexibility index (Phi) is 3.41. The van der Waals surface area contributed by atoms with Gasteiger partial charge in [0.15, 0.2) is 0 Å². The van der Waals surface area contributed by atoms with Crippen molar-refractivity contribution in [3.05, 3.63) is 35.6 Å². The summed E-state index contributed by atoms with van der Waals surface area (Å²) in [7, 11) is 0. The molecule has 1 atom stereocenters. The molecule has 2 fully saturated rings. The zero-order chi connectivity index (χ0) is 16.9. The average molecular weight is 327 g/mol. The molecule has 1 aliphatic carbocycles. The minimum Gasteiger partial charge on any atom is -0.481 e. The second-order valence-electron chi connectivity index (χ2n) is 7.08. The highest BCUT2D eigenvalue weighted by atomic mass is 16.4. The first-order chi connectivity index (χ1) is 11.5. The molecule has 1 saturated carbocycles. The van der Waals surface area contributed by atoms with Gasteiger partial charge in [0.2, 0.25) is 0 Å². The van der Waals surface area contributed by atoms with E-state index in [1.165, 1.54) is 5.56 Å². The van der Waals surface area contributed by atoms with Crippen LogP contribution in [0.1, 0.15) is 42.1 Å². The van der Waals surface area contributed by atoms with Crippen LogP contribution in [0.4, 0.5) is 0 Å². The molecular weight excluding hydrogens is 306 g/mol. The first-order valence-corrected chi connectivity index (χ1v) is 8.56. The highest BCUT2D eigenvalue weighted by Gasteiger charge is 2.59. The second kappa shape index (κ2) is 5.36. The number of carbonyl (C=O) groups excluding carboxylic acids is 1. The number of hydrogen-bond acceptors (Lipinski definition) is 3. The van der Waals surface area contributed by atoms with E-state index in [0.717, 1.165) is 36.7 Å². The van der Waals surface area contributed by atoms with Crippen molar-refractivity contribution in [1.29, 1.82) is 0 Å². The normalized spacial score (nSPS) is 22.0. The van der Waals surface area contributed by atoms with Crippen LogP contribution in [0.15, 0.2) is 28.9 Å². The van der Waals surface area contributed by atoms with Gasteiger partial charge in [0, 0.05) is 18.5 Å². The van der Waals surface area contributed by atoms with Crippen LogP contribution in [0.3, 0.4) is 0 Å². The number of hydrogen-bond donors (Lipinski definition) is 1. The number of amides is 1. The maximum Gasteiger partial charge on any atom is 0.307 e. The van der Waals surface area contributed by atoms with Gasteiger partial charge in [0.1, 0.15) is 11.8 Å². The van der Waals surface area contributed by atoms with Crippen molar-refractivity contribution >= 4 is 22.8 Å². The SMILES string of the molecule is CCc1ccc2occ(C(=O)N3CCC4(CC3)CC4C(=O)O)c2c1. The van der Waals surface area contributed by atoms with Gasteiger partial charge >= 0.3 is 5.97 Å². The molecule has 0 bridgehead atoms. The molecule has 2 aliphatic rings. The Morgan fingerprint density at radius 3 is 2.71 bits per heavy atom. The van der Waals surface area contributed by atoms with E-state index >= 15 is 0 Å². The third kappa shape index (κ3) is 2.30. The third-order valence-corrected chi connectivity index (χ3v) is 5.81. The van der Waals surface area contributed by atoms with Crippen molar-refractivity contribution in [2.75, 3.05) is 13.1 Å². The molecule has 1 aromatic heterocycles. The summed E-state index contributed by atoms with van der Waals surface area (Å²) in [6.07, 6.45) is 4.79. The zero-order valence-corrected chi connectivity index (χ0v) is 13.7. The molecule has 1 spiro atoms. The lowest BCUT2D eigenvalue weighted by Gasteiger charge is -2.32. The van der Waals surface area contributed by atoms with E-state index in [9.17, 15) is 14.7 Å². The van der Waals surface area contributed by atoms with E-state index < -0.39 is 5.97 Å². The summed E-state index contributed by atoms with van der Waals surface area (Å²) >= 11 is 0. The monoisotopic (exact) mass is 327 g/mol. The largest absolute Gasteiger partial charge is 0.481 e. The first kappa shape index (κ1) is 15.2. The van der Waals surface area contributed by atoms with Gasteiger partial charge in [-0.3, -0.25) is 9.59 Å². The van der Waals surface area contributed by atoms with Gasteiger partial charge < -0.3 is 14.4 Å². The number of nitrogens with zero attached hydrogens (tertiary/aromatic N) is 1. The zero-order valence-electron chi connectivity index (χ0n) is 13.7. The van der Waals surface area contributed by atoms with Crippen LogP contribution >= 0.6 is 0 Å². The highest BCUT2D eigenvalue weighted by molar-refractivity contribution is 6.06. The summed E-state index contributed by atoms with van der Waals surface area (Å²) in [5.41, 5.74) is 2.47. The summed E-state index contributed by atoms with van der Waals surface area (Å²) in [6.45, 7) is 3.34. The van der Waals surface area contributed by atoms with Crippen molar-refractivity contribution in [2.24, 2.45) is 11.3 Å². The van der Waals surface area contributed by atoms with Crippen molar-refractivity contribution in [1.82, 2.24) is 4.90 Å². The lowest BCUT2D eigenvalue weighted by molar-refractivity contribution is -0.139. The van der Waals surface area contributed by atoms with Crippen LogP contribution in [0, 0.1) is 11.3 Å². The van der Waals surface area contributed by atoms with E-state index in [1.54, 1.807) is 6.26 Å². The smallest absolute Gasteiger partial charge is 0.307 e. The molecule has 1 N–H and O–H groups in total. The second-order valence-corrected chi connectivity index (χ2v) is 7.08. The number of carbonyl (C=O) groups is 2. The van der Waals surface area contributed by atoms with Crippen LogP contribution in [0.25, 0.3) is 11.0 Å². The molecule has 1 unspecified atom stereocenters. The fourth-order valence-corrected chi connectivity index (χ4v) is 4.04. The van der Waals surface area contributed by atoms with Gasteiger partial charge in [-0.25, -0.2) is 0 Å². The standard InChI is InChI=1S/C19H21NO4/c1-2-12-3-4-16-13(9-12)14(11-24-16)17(21)20-7-5-19(6-8-20)10-15(19)18(22)23/h3-4,9,11,15H,2,5-8,10H2,1H3,(H,22,23). The quantitative estimate of drug-likeness (QED) is 0.939. The fourth-order valence-electron chi connectivity index (χ4n) is 4.04. The summed E-state index contributed by atoms with van der Waals surface area (Å²) in [4.78, 5) is 25.9. The Morgan fingerprint density at radius 2 is 2.08 bits per heavy atom. The minimum absolute atomic E-state index is 0.00984. The van der Waals surface area contributed by atoms with Gasteiger partial charge in [-0.2, -0.15) is 0 Å². The predicted octanol–water partition coefficient (Wildman–Crippen LogP) is 3.32. The number of fused-ring (bicyclic) bond motifs is 1. The summed E-state index contributed by atoms with van der Waals surface area (Å²) in [6, 6.07) is 5.96. The molecule has 2 heterocycles. The molecule has 1 saturated heterocycles. The van der Waals surface area contributed by atoms with Gasteiger partial charge in [0.05, 0.1) is 11.5 Å². The Morgan fingerprint density at radius 1 is 1.33 bits per heavy atom. The number of benzene rings is 1. The number of furan rings is 1. The summed E-state index contributed by atoms with van der Waals surface area (Å²) in [5.74, 6) is -0.913. The van der Waals surface area contributed by atoms with Gasteiger partial charge in [-0.05, 0) is 48.8 Å². The Balaban J connectivity index is 1.52. The lowest BCUT2D eigenvalue weighted by atomic mass is 9.90. The van der Waals surface area contributed by atoms with Gasteiger partial charge in [-0.15, -0.1) is 0 Å². The number of aryl methyl sites for hydroxylation is 1. The minimum atomic E-state index is -0.692. The van der Waals surface area contributed by atoms with Crippen molar-refractivity contribution in [2.45, 2.75) is 32.6 Å². The van der Waals surface area contributed by atoms with Crippen LogP contribution in [-0.4, -0.2) is 35.0 Å². The molecule has 24 heavy (non-hydrogen) atoms. The Labute approximate surface area is 140 Å². The van der Waals surface area contributed by atoms with E-state index in [0.29, 0.717) is 18.7 Å². The Bertz CT molecular complexity index is 814. The summed E-state index contributed by atoms with van der Waals surface area (Å²) in [5, 5.41) is 10.0. The molecule has 4 rings (SSSR count). The molecule has 126 valence electrons. The Hall–Kier alpha value is -2.30. The van der Waals surface area contributed by atoms with Crippen LogP contribution in [0.5, 0.6) is 0 Å². The maximum atomic E-state index is 12.9. The van der Waals surface area contributed by atoms with Gasteiger partial charge in [-0.1, -0.05) is 13.0 Å². The maximum absolute atomic E-state index is 12.9. The predicted molar refractivity (Wildman–Crippen MR) is 88.9 cm³/mol. The molecule has 1 amide bonds. The fraction of sp³-hybridized carbons (Fsp3) is 0.474. The number of piperidine rings is 1. The molecule has 1 aliphatic heterocycles. The molecule has 0 radical (unpaired) electrons. The van der Waals surface area contributed by atoms with E-state index in [1.807, 2.05) is 23.1 Å². The van der Waals surface area contributed by atoms with Crippen molar-refractivity contribution in [3.63, 3.8) is 0 Å². The summed E-state index contributed by atoms with van der Waals surface area (Å²) < 4.78 is 5.54. The van der Waals surface area contributed by atoms with E-state index in [-0.39, 0.29) is 17.2 Å².